The molecule has 3 aromatic rings. The highest BCUT2D eigenvalue weighted by molar-refractivity contribution is 6.00. The first-order valence-electron chi connectivity index (χ1n) is 30.9. The zero-order chi connectivity index (χ0) is 71.2. The Hall–Kier alpha value is -10.0. The van der Waals surface area contributed by atoms with E-state index in [9.17, 15) is 97.8 Å². The Balaban J connectivity index is 1.96. The largest absolute Gasteiger partial charge is 0.508 e. The van der Waals surface area contributed by atoms with E-state index < -0.39 is 188 Å². The molecule has 19 N–H and O–H groups in total. The van der Waals surface area contributed by atoms with Gasteiger partial charge in [0, 0.05) is 31.6 Å². The van der Waals surface area contributed by atoms with E-state index in [0.717, 1.165) is 0 Å². The molecule has 31 heteroatoms. The summed E-state index contributed by atoms with van der Waals surface area (Å²) in [4.78, 5) is 188. The molecule has 3 aromatic carbocycles. The molecule has 0 spiro atoms. The van der Waals surface area contributed by atoms with Gasteiger partial charge in [-0.2, -0.15) is 0 Å². The number of aliphatic carboxylic acids is 3. The summed E-state index contributed by atoms with van der Waals surface area (Å²) in [5.41, 5.74) is 5.12. The summed E-state index contributed by atoms with van der Waals surface area (Å²) in [6, 6.07) is 2.94. The van der Waals surface area contributed by atoms with Crippen molar-refractivity contribution in [3.05, 3.63) is 95.6 Å². The predicted molar refractivity (Wildman–Crippen MR) is 338 cm³/mol. The third-order valence-corrected chi connectivity index (χ3v) is 15.0. The average Bonchev–Trinajstić information content (AvgIpc) is 0.907. The molecule has 520 valence electrons. The van der Waals surface area contributed by atoms with Crippen LogP contribution in [0.1, 0.15) is 110 Å². The molecule has 0 saturated heterocycles. The number of rotatable bonds is 41. The first-order chi connectivity index (χ1) is 44.7. The van der Waals surface area contributed by atoms with Gasteiger partial charge in [0.2, 0.25) is 53.2 Å². The summed E-state index contributed by atoms with van der Waals surface area (Å²) in [5.74, 6) is -16.6. The molecule has 0 fully saturated rings. The number of hydrogen-bond acceptors (Lipinski definition) is 17. The standard InChI is InChI=1S/C64H89N11O20/c1-8-35(6)53(65)63(94)75-54(36(7)77)64(95)74-47(28-37-12-10-9-11-13-37)59(90)67-42(22-23-50(80)81)56(87)72-48(31-51(82)83)61(92)69-43(26-33(2)3)57(88)68-44(27-34(4)5)58(89)73-49(32-52(84)85)62(93)71-46(30-39-16-20-41(79)21-17-39)60(91)70-45(55(86)66-24-25-76)29-38-14-18-40(78)19-15-38/h9-21,25,33-36,42-49,53-54,77-79H,8,22-24,26-32,65H2,1-7H3,(H,66,86)(H,67,90)(H,68,88)(H,69,92)(H,70,91)(H,71,93)(H,72,87)(H,73,89)(H,74,95)(H,75,94)(H,80,81)(H,82,83)(H,84,85)/p+1/t35-,36+,42-,43-,44-,45-,46-,47-,48-,49-,53-,54-/m0/s1. The highest BCUT2D eigenvalue weighted by atomic mass is 16.4. The van der Waals surface area contributed by atoms with Crippen LogP contribution in [0.4, 0.5) is 0 Å². The molecule has 95 heavy (non-hydrogen) atoms. The van der Waals surface area contributed by atoms with E-state index in [4.69, 9.17) is 0 Å². The minimum atomic E-state index is -2.05. The second kappa shape index (κ2) is 39.5. The minimum Gasteiger partial charge on any atom is -0.508 e. The van der Waals surface area contributed by atoms with Crippen molar-refractivity contribution in [2.45, 2.75) is 179 Å². The molecule has 0 radical (unpaired) electrons. The van der Waals surface area contributed by atoms with E-state index in [1.807, 2.05) is 6.92 Å². The molecule has 0 aliphatic carbocycles. The van der Waals surface area contributed by atoms with E-state index in [2.05, 4.69) is 58.9 Å². The summed E-state index contributed by atoms with van der Waals surface area (Å²) < 4.78 is 0. The number of hydrogen-bond donors (Lipinski definition) is 17. The van der Waals surface area contributed by atoms with Crippen LogP contribution in [0, 0.1) is 17.8 Å². The fourth-order valence-electron chi connectivity index (χ4n) is 9.56. The maximum absolute atomic E-state index is 14.4. The molecule has 0 bridgehead atoms. The van der Waals surface area contributed by atoms with Gasteiger partial charge in [-0.3, -0.25) is 62.3 Å². The van der Waals surface area contributed by atoms with Gasteiger partial charge in [0.05, 0.1) is 25.5 Å². The lowest BCUT2D eigenvalue weighted by Crippen LogP contribution is -2.72. The zero-order valence-electron chi connectivity index (χ0n) is 54.0. The summed E-state index contributed by atoms with van der Waals surface area (Å²) in [6.45, 7) is 10.9. The topological polar surface area (TPSA) is 508 Å². The number of carbonyl (C=O) groups is 14. The van der Waals surface area contributed by atoms with Gasteiger partial charge in [0.15, 0.2) is 6.04 Å². The highest BCUT2D eigenvalue weighted by Gasteiger charge is 2.38. The van der Waals surface area contributed by atoms with Gasteiger partial charge in [-0.1, -0.05) is 96.1 Å². The Kier molecular flexibility index (Phi) is 32.9. The van der Waals surface area contributed by atoms with Crippen molar-refractivity contribution in [1.29, 1.82) is 0 Å². The third-order valence-electron chi connectivity index (χ3n) is 15.0. The van der Waals surface area contributed by atoms with Gasteiger partial charge in [-0.05, 0) is 85.4 Å². The summed E-state index contributed by atoms with van der Waals surface area (Å²) in [7, 11) is 0. The maximum Gasteiger partial charge on any atom is 0.305 e. The van der Waals surface area contributed by atoms with Crippen molar-refractivity contribution >= 4 is 83.3 Å². The van der Waals surface area contributed by atoms with Crippen molar-refractivity contribution in [3.63, 3.8) is 0 Å². The highest BCUT2D eigenvalue weighted by Crippen LogP contribution is 2.17. The van der Waals surface area contributed by atoms with Crippen LogP contribution in [0.3, 0.4) is 0 Å². The molecular formula is C64H90N11O20+. The number of carbonyl (C=O) groups excluding carboxylic acids is 11. The van der Waals surface area contributed by atoms with Crippen LogP contribution in [0.2, 0.25) is 0 Å². The number of phenols is 2. The second-order valence-corrected chi connectivity index (χ2v) is 23.9. The van der Waals surface area contributed by atoms with Gasteiger partial charge in [-0.15, -0.1) is 0 Å². The molecule has 0 aromatic heterocycles. The van der Waals surface area contributed by atoms with Crippen LogP contribution in [0.25, 0.3) is 0 Å². The molecule has 0 aliphatic heterocycles. The van der Waals surface area contributed by atoms with E-state index in [1.54, 1.807) is 65.0 Å². The Bertz CT molecular complexity index is 3130. The number of aliphatic hydroxyl groups is 1. The molecule has 10 amide bonds. The fraction of sp³-hybridized carbons (Fsp3) is 0.500. The van der Waals surface area contributed by atoms with Gasteiger partial charge in [-0.25, -0.2) is 0 Å². The summed E-state index contributed by atoms with van der Waals surface area (Å²) in [5, 5.41) is 84.2. The normalized spacial score (nSPS) is 14.9. The molecule has 0 unspecified atom stereocenters. The maximum atomic E-state index is 14.4. The lowest BCUT2D eigenvalue weighted by Gasteiger charge is -2.29. The number of carboxylic acids is 3. The van der Waals surface area contributed by atoms with E-state index in [1.165, 1.54) is 55.5 Å². The summed E-state index contributed by atoms with van der Waals surface area (Å²) >= 11 is 0. The average molecular weight is 1330 g/mol. The first-order valence-corrected chi connectivity index (χ1v) is 30.9. The Morgan fingerprint density at radius 2 is 0.779 bits per heavy atom. The molecular weight excluding hydrogens is 1240 g/mol. The second-order valence-electron chi connectivity index (χ2n) is 23.9. The Labute approximate surface area is 548 Å². The fourth-order valence-corrected chi connectivity index (χ4v) is 9.56. The molecule has 0 saturated carbocycles. The van der Waals surface area contributed by atoms with Crippen LogP contribution < -0.4 is 58.9 Å². The lowest BCUT2D eigenvalue weighted by molar-refractivity contribution is -0.415. The number of carboxylic acid groups (broad SMARTS) is 3. The molecule has 3 rings (SSSR count). The van der Waals surface area contributed by atoms with Gasteiger partial charge >= 0.3 is 17.9 Å². The monoisotopic (exact) mass is 1330 g/mol. The van der Waals surface area contributed by atoms with Crippen LogP contribution in [-0.4, -0.2) is 187 Å². The van der Waals surface area contributed by atoms with Gasteiger partial charge < -0.3 is 94.3 Å². The first kappa shape index (κ1) is 79.2. The number of amides is 10. The van der Waals surface area contributed by atoms with Crippen molar-refractivity contribution in [2.75, 3.05) is 6.54 Å². The number of phenolic OH excluding ortho intramolecular Hbond substituents is 2. The van der Waals surface area contributed by atoms with Crippen molar-refractivity contribution < 1.29 is 103 Å². The number of quaternary nitrogens is 1. The molecule has 0 aliphatic rings. The van der Waals surface area contributed by atoms with Gasteiger partial charge in [0.1, 0.15) is 72.2 Å². The van der Waals surface area contributed by atoms with Crippen molar-refractivity contribution in [2.24, 2.45) is 17.8 Å². The van der Waals surface area contributed by atoms with Crippen molar-refractivity contribution in [1.82, 2.24) is 53.2 Å². The van der Waals surface area contributed by atoms with Crippen LogP contribution in [0.15, 0.2) is 78.9 Å². The minimum absolute atomic E-state index is 0.0990. The number of aromatic hydroxyl groups is 2. The van der Waals surface area contributed by atoms with E-state index >= 15 is 0 Å². The zero-order valence-corrected chi connectivity index (χ0v) is 54.0. The Morgan fingerprint density at radius 3 is 1.16 bits per heavy atom. The van der Waals surface area contributed by atoms with Crippen LogP contribution >= 0.6 is 0 Å². The van der Waals surface area contributed by atoms with Crippen molar-refractivity contribution in [3.8, 4) is 11.5 Å². The third kappa shape index (κ3) is 28.4. The van der Waals surface area contributed by atoms with E-state index in [0.29, 0.717) is 29.4 Å². The predicted octanol–water partition coefficient (Wildman–Crippen LogP) is -2.25. The van der Waals surface area contributed by atoms with Gasteiger partial charge in [0.25, 0.3) is 5.91 Å². The lowest BCUT2D eigenvalue weighted by atomic mass is 9.98. The van der Waals surface area contributed by atoms with E-state index in [-0.39, 0.29) is 49.5 Å². The quantitative estimate of drug-likeness (QED) is 0.0267. The Morgan fingerprint density at radius 1 is 0.432 bits per heavy atom. The number of aldehydes is 1. The molecule has 31 nitrogen and oxygen atoms in total. The number of aliphatic hydroxyl groups excluding tert-OH is 1. The number of nitrogens with one attached hydrogen (secondary N) is 10. The molecule has 0 heterocycles. The summed E-state index contributed by atoms with van der Waals surface area (Å²) in [6.07, 6.45) is -5.43. The molecule has 12 atom stereocenters. The van der Waals surface area contributed by atoms with Crippen LogP contribution in [-0.2, 0) is 86.4 Å². The number of benzene rings is 3. The van der Waals surface area contributed by atoms with Crippen LogP contribution in [0.5, 0.6) is 11.5 Å². The SMILES string of the molecule is CC[C@H](C)[C@H]([NH3+])C(=O)N[C@H](C(=O)N[C@@H](Cc1ccccc1)C(=O)N[C@@H](CCC(=O)O)C(=O)N[C@@H](CC(=O)O)C(=O)N[C@@H](CC(C)C)C(=O)N[C@@H](CC(C)C)C(=O)N[C@@H](CC(=O)O)C(=O)N[C@@H](Cc1ccc(O)cc1)C(=O)N[C@@H](Cc1ccc(O)cc1)C(=O)NCC=O)[C@@H](C)O. The smallest absolute Gasteiger partial charge is 0.305 e.